The largest absolute Gasteiger partial charge is 0.0654 e. The fourth-order valence-electron chi connectivity index (χ4n) is 2.85. The Bertz CT molecular complexity index is 159. The van der Waals surface area contributed by atoms with Crippen LogP contribution in [0.2, 0.25) is 0 Å². The molecule has 0 saturated heterocycles. The van der Waals surface area contributed by atoms with Crippen LogP contribution in [0, 0.1) is 17.3 Å². The van der Waals surface area contributed by atoms with Crippen molar-refractivity contribution in [3.8, 4) is 0 Å². The molecule has 0 heterocycles. The van der Waals surface area contributed by atoms with Crippen molar-refractivity contribution < 1.29 is 0 Å². The first-order chi connectivity index (χ1) is 7.49. The quantitative estimate of drug-likeness (QED) is 0.419. The minimum Gasteiger partial charge on any atom is -0.0654 e. The van der Waals surface area contributed by atoms with Gasteiger partial charge in [-0.15, -0.1) is 0 Å². The smallest absolute Gasteiger partial charge is 0.0277 e. The topological polar surface area (TPSA) is 0 Å². The van der Waals surface area contributed by atoms with E-state index in [0.717, 1.165) is 11.8 Å². The van der Waals surface area contributed by atoms with Gasteiger partial charge in [-0.05, 0) is 23.7 Å². The first-order valence-electron chi connectivity index (χ1n) is 7.49. The van der Waals surface area contributed by atoms with Crippen LogP contribution < -0.4 is 0 Å². The highest BCUT2D eigenvalue weighted by Gasteiger charge is 2.32. The van der Waals surface area contributed by atoms with Crippen molar-refractivity contribution in [2.75, 3.05) is 0 Å². The molecule has 0 aliphatic rings. The fraction of sp³-hybridized carbons (Fsp3) is 1.00. The SMILES string of the molecule is CCCCCCC(C)C(C)(CCC)C(C)C. The minimum atomic E-state index is 0.557. The summed E-state index contributed by atoms with van der Waals surface area (Å²) in [7, 11) is 0. The van der Waals surface area contributed by atoms with Gasteiger partial charge in [0, 0.05) is 0 Å². The molecule has 0 rings (SSSR count). The maximum atomic E-state index is 2.51. The van der Waals surface area contributed by atoms with E-state index < -0.39 is 0 Å². The van der Waals surface area contributed by atoms with Crippen LogP contribution in [-0.2, 0) is 0 Å². The Morgan fingerprint density at radius 3 is 1.94 bits per heavy atom. The molecule has 2 unspecified atom stereocenters. The predicted molar refractivity (Wildman–Crippen MR) is 75.8 cm³/mol. The highest BCUT2D eigenvalue weighted by atomic mass is 14.4. The van der Waals surface area contributed by atoms with Crippen LogP contribution in [0.15, 0.2) is 0 Å². The molecule has 0 heteroatoms. The van der Waals surface area contributed by atoms with E-state index in [1.165, 1.54) is 44.9 Å². The number of rotatable bonds is 9. The first kappa shape index (κ1) is 16.0. The molecule has 0 bridgehead atoms. The lowest BCUT2D eigenvalue weighted by atomic mass is 9.66. The van der Waals surface area contributed by atoms with E-state index in [0.29, 0.717) is 5.41 Å². The van der Waals surface area contributed by atoms with E-state index in [4.69, 9.17) is 0 Å². The Kier molecular flexibility index (Phi) is 8.14. The molecule has 0 aliphatic heterocycles. The van der Waals surface area contributed by atoms with Gasteiger partial charge in [0.05, 0.1) is 0 Å². The van der Waals surface area contributed by atoms with Crippen molar-refractivity contribution in [2.24, 2.45) is 17.3 Å². The van der Waals surface area contributed by atoms with Crippen LogP contribution in [0.5, 0.6) is 0 Å². The van der Waals surface area contributed by atoms with E-state index in [1.54, 1.807) is 0 Å². The molecule has 2 atom stereocenters. The van der Waals surface area contributed by atoms with Crippen molar-refractivity contribution in [1.82, 2.24) is 0 Å². The lowest BCUT2D eigenvalue weighted by Gasteiger charge is -2.40. The molecule has 0 radical (unpaired) electrons. The van der Waals surface area contributed by atoms with Crippen LogP contribution in [0.3, 0.4) is 0 Å². The molecule has 16 heavy (non-hydrogen) atoms. The summed E-state index contributed by atoms with van der Waals surface area (Å²) < 4.78 is 0. The van der Waals surface area contributed by atoms with Crippen molar-refractivity contribution in [1.29, 1.82) is 0 Å². The van der Waals surface area contributed by atoms with E-state index in [2.05, 4.69) is 41.5 Å². The maximum absolute atomic E-state index is 2.51. The Labute approximate surface area is 104 Å². The second kappa shape index (κ2) is 8.14. The van der Waals surface area contributed by atoms with Gasteiger partial charge < -0.3 is 0 Å². The summed E-state index contributed by atoms with van der Waals surface area (Å²) in [6, 6.07) is 0. The first-order valence-corrected chi connectivity index (χ1v) is 7.49. The highest BCUT2D eigenvalue weighted by molar-refractivity contribution is 4.82. The van der Waals surface area contributed by atoms with Crippen molar-refractivity contribution >= 4 is 0 Å². The van der Waals surface area contributed by atoms with Gasteiger partial charge >= 0.3 is 0 Å². The predicted octanol–water partition coefficient (Wildman–Crippen LogP) is 6.06. The Morgan fingerprint density at radius 1 is 0.875 bits per heavy atom. The summed E-state index contributed by atoms with van der Waals surface area (Å²) in [5.74, 6) is 1.69. The van der Waals surface area contributed by atoms with Crippen LogP contribution in [-0.4, -0.2) is 0 Å². The molecule has 0 aliphatic carbocycles. The van der Waals surface area contributed by atoms with Crippen LogP contribution in [0.4, 0.5) is 0 Å². The van der Waals surface area contributed by atoms with E-state index in [9.17, 15) is 0 Å². The Balaban J connectivity index is 4.12. The number of hydrogen-bond donors (Lipinski definition) is 0. The molecule has 0 spiro atoms. The summed E-state index contributed by atoms with van der Waals surface area (Å²) in [5, 5.41) is 0. The van der Waals surface area contributed by atoms with Crippen LogP contribution in [0.25, 0.3) is 0 Å². The van der Waals surface area contributed by atoms with E-state index in [-0.39, 0.29) is 0 Å². The Hall–Kier alpha value is 0. The third-order valence-corrected chi connectivity index (χ3v) is 4.72. The zero-order chi connectivity index (χ0) is 12.6. The van der Waals surface area contributed by atoms with Gasteiger partial charge in [0.1, 0.15) is 0 Å². The van der Waals surface area contributed by atoms with E-state index >= 15 is 0 Å². The van der Waals surface area contributed by atoms with Crippen molar-refractivity contribution in [2.45, 2.75) is 86.5 Å². The molecule has 0 fully saturated rings. The standard InChI is InChI=1S/C16H34/c1-7-9-10-11-12-15(5)16(6,13-8-2)14(3)4/h14-15H,7-13H2,1-6H3. The van der Waals surface area contributed by atoms with Crippen molar-refractivity contribution in [3.05, 3.63) is 0 Å². The van der Waals surface area contributed by atoms with Crippen molar-refractivity contribution in [3.63, 3.8) is 0 Å². The van der Waals surface area contributed by atoms with Gasteiger partial charge in [0.25, 0.3) is 0 Å². The molecule has 0 aromatic rings. The molecule has 0 amide bonds. The molecular weight excluding hydrogens is 192 g/mol. The lowest BCUT2D eigenvalue weighted by molar-refractivity contribution is 0.101. The average molecular weight is 226 g/mol. The monoisotopic (exact) mass is 226 g/mol. The van der Waals surface area contributed by atoms with Gasteiger partial charge in [-0.2, -0.15) is 0 Å². The molecule has 0 N–H and O–H groups in total. The molecular formula is C16H34. The number of hydrogen-bond acceptors (Lipinski definition) is 0. The second-order valence-corrected chi connectivity index (χ2v) is 6.16. The van der Waals surface area contributed by atoms with Gasteiger partial charge in [-0.1, -0.05) is 80.1 Å². The van der Waals surface area contributed by atoms with Crippen LogP contribution in [0.1, 0.15) is 86.5 Å². The van der Waals surface area contributed by atoms with Crippen LogP contribution >= 0.6 is 0 Å². The highest BCUT2D eigenvalue weighted by Crippen LogP contribution is 2.42. The molecule has 0 aromatic heterocycles. The van der Waals surface area contributed by atoms with Gasteiger partial charge in [0.2, 0.25) is 0 Å². The third kappa shape index (κ3) is 4.89. The van der Waals surface area contributed by atoms with Gasteiger partial charge in [0.15, 0.2) is 0 Å². The van der Waals surface area contributed by atoms with Gasteiger partial charge in [-0.25, -0.2) is 0 Å². The summed E-state index contributed by atoms with van der Waals surface area (Å²) in [5.41, 5.74) is 0.557. The number of unbranched alkanes of at least 4 members (excludes halogenated alkanes) is 3. The Morgan fingerprint density at radius 2 is 1.50 bits per heavy atom. The lowest BCUT2D eigenvalue weighted by Crippen LogP contribution is -2.31. The maximum Gasteiger partial charge on any atom is -0.0277 e. The summed E-state index contributed by atoms with van der Waals surface area (Å²) in [6.45, 7) is 14.4. The molecule has 0 saturated carbocycles. The molecule has 98 valence electrons. The zero-order valence-electron chi connectivity index (χ0n) is 12.6. The minimum absolute atomic E-state index is 0.557. The molecule has 0 aromatic carbocycles. The molecule has 0 nitrogen and oxygen atoms in total. The normalized spacial score (nSPS) is 17.4. The average Bonchev–Trinajstić information content (AvgIpc) is 2.24. The summed E-state index contributed by atoms with van der Waals surface area (Å²) >= 11 is 0. The third-order valence-electron chi connectivity index (χ3n) is 4.72. The van der Waals surface area contributed by atoms with E-state index in [1.807, 2.05) is 0 Å². The second-order valence-electron chi connectivity index (χ2n) is 6.16. The fourth-order valence-corrected chi connectivity index (χ4v) is 2.85. The zero-order valence-corrected chi connectivity index (χ0v) is 12.6. The summed E-state index contributed by atoms with van der Waals surface area (Å²) in [6.07, 6.45) is 9.77. The summed E-state index contributed by atoms with van der Waals surface area (Å²) in [4.78, 5) is 0. The van der Waals surface area contributed by atoms with Gasteiger partial charge in [-0.3, -0.25) is 0 Å².